The number of hydrogen-bond acceptors (Lipinski definition) is 0. The van der Waals surface area contributed by atoms with E-state index in [9.17, 15) is 0 Å². The first-order valence-corrected chi connectivity index (χ1v) is 9.78. The molecule has 0 unspecified atom stereocenters. The predicted molar refractivity (Wildman–Crippen MR) is 104 cm³/mol. The van der Waals surface area contributed by atoms with Crippen molar-refractivity contribution in [1.82, 2.24) is 0 Å². The molecule has 0 heterocycles. The average Bonchev–Trinajstić information content (AvgIpc) is 3.22. The van der Waals surface area contributed by atoms with Crippen molar-refractivity contribution in [2.45, 2.75) is 26.7 Å². The molecule has 0 bridgehead atoms. The molecule has 0 saturated carbocycles. The summed E-state index contributed by atoms with van der Waals surface area (Å²) in [5.74, 6) is 1.24. The topological polar surface area (TPSA) is 0 Å². The molecule has 1 aliphatic carbocycles. The van der Waals surface area contributed by atoms with Crippen molar-refractivity contribution >= 4 is 24.8 Å². The Bertz CT molecular complexity index is 910. The van der Waals surface area contributed by atoms with Crippen LogP contribution in [0, 0.1) is 5.92 Å². The zero-order valence-corrected chi connectivity index (χ0v) is 17.0. The van der Waals surface area contributed by atoms with Crippen LogP contribution in [0.4, 0.5) is 0 Å². The van der Waals surface area contributed by atoms with E-state index >= 15 is 0 Å². The van der Waals surface area contributed by atoms with Crippen LogP contribution in [-0.2, 0) is 24.2 Å². The fourth-order valence-electron chi connectivity index (χ4n) is 2.93. The number of allylic oxidation sites excluding steroid dienone is 4. The Morgan fingerprint density at radius 2 is 1.58 bits per heavy atom. The third kappa shape index (κ3) is 3.62. The molecule has 0 amide bonds. The van der Waals surface area contributed by atoms with Gasteiger partial charge in [-0.15, -0.1) is 33.7 Å². The standard InChI is InChI=1S/C18H13.C5H10.Zr/c1-2-7-13(6-1)15-10-5-11-17-16-9-4-3-8-14(16)12-18(15)17;1-4-5(2)3;/h1-13H;5H,1-3H3;/q-1;;. The first-order valence-electron chi connectivity index (χ1n) is 8.55. The van der Waals surface area contributed by atoms with Crippen LogP contribution in [0.3, 0.4) is 0 Å². The van der Waals surface area contributed by atoms with Gasteiger partial charge in [-0.05, 0) is 5.92 Å². The molecular formula is C23H23Zr-. The number of hydrogen-bond donors (Lipinski definition) is 0. The summed E-state index contributed by atoms with van der Waals surface area (Å²) in [6.45, 7) is 6.65. The third-order valence-electron chi connectivity index (χ3n) is 4.66. The van der Waals surface area contributed by atoms with Crippen molar-refractivity contribution in [2.24, 2.45) is 5.92 Å². The molecule has 1 aliphatic rings. The van der Waals surface area contributed by atoms with Crippen molar-refractivity contribution in [1.29, 1.82) is 0 Å². The van der Waals surface area contributed by atoms with Gasteiger partial charge in [-0.2, -0.15) is 0 Å². The molecule has 1 heteroatoms. The molecule has 0 saturated heterocycles. The Labute approximate surface area is 159 Å². The zero-order chi connectivity index (χ0) is 17.1. The minimum atomic E-state index is 0.436. The molecule has 0 N–H and O–H groups in total. The second kappa shape index (κ2) is 7.62. The summed E-state index contributed by atoms with van der Waals surface area (Å²) in [5.41, 5.74) is 1.41. The normalized spacial score (nSPS) is 13.6. The average molecular weight is 391 g/mol. The van der Waals surface area contributed by atoms with Crippen LogP contribution in [0.1, 0.15) is 32.3 Å². The van der Waals surface area contributed by atoms with Crippen molar-refractivity contribution in [3.8, 4) is 0 Å². The first-order chi connectivity index (χ1) is 11.6. The molecule has 24 heavy (non-hydrogen) atoms. The summed E-state index contributed by atoms with van der Waals surface area (Å²) in [6.07, 6.45) is 8.77. The van der Waals surface area contributed by atoms with Crippen molar-refractivity contribution < 1.29 is 24.2 Å². The Morgan fingerprint density at radius 1 is 0.958 bits per heavy atom. The predicted octanol–water partition coefficient (Wildman–Crippen LogP) is 6.30. The van der Waals surface area contributed by atoms with E-state index in [1.807, 2.05) is 0 Å². The fraction of sp³-hybridized carbons (Fsp3) is 0.217. The maximum atomic E-state index is 2.32. The summed E-state index contributed by atoms with van der Waals surface area (Å²) in [5, 5.41) is 5.46. The van der Waals surface area contributed by atoms with Gasteiger partial charge in [0.05, 0.1) is 0 Å². The first kappa shape index (κ1) is 17.4. The van der Waals surface area contributed by atoms with Gasteiger partial charge >= 0.3 is 54.1 Å². The molecule has 0 atom stereocenters. The summed E-state index contributed by atoms with van der Waals surface area (Å²) in [7, 11) is 0. The van der Waals surface area contributed by atoms with Crippen LogP contribution >= 0.6 is 0 Å². The van der Waals surface area contributed by atoms with E-state index in [0.29, 0.717) is 5.92 Å². The van der Waals surface area contributed by atoms with Gasteiger partial charge in [-0.25, -0.2) is 0 Å². The number of fused-ring (bicyclic) bond motifs is 3. The zero-order valence-electron chi connectivity index (χ0n) is 14.6. The summed E-state index contributed by atoms with van der Waals surface area (Å²) in [4.78, 5) is 0. The van der Waals surface area contributed by atoms with Crippen LogP contribution in [0.2, 0.25) is 0 Å². The van der Waals surface area contributed by atoms with E-state index in [-0.39, 0.29) is 0 Å². The quantitative estimate of drug-likeness (QED) is 0.450. The van der Waals surface area contributed by atoms with Crippen LogP contribution in [0.15, 0.2) is 72.8 Å². The molecule has 3 aromatic carbocycles. The van der Waals surface area contributed by atoms with Crippen LogP contribution in [0.25, 0.3) is 21.5 Å². The molecule has 0 nitrogen and oxygen atoms in total. The molecule has 4 rings (SSSR count). The van der Waals surface area contributed by atoms with Crippen LogP contribution in [-0.4, -0.2) is 3.21 Å². The molecular weight excluding hydrogens is 367 g/mol. The van der Waals surface area contributed by atoms with Crippen molar-refractivity contribution in [2.75, 3.05) is 0 Å². The number of benzene rings is 2. The van der Waals surface area contributed by atoms with E-state index in [4.69, 9.17) is 0 Å². The minimum absolute atomic E-state index is 0.436. The summed E-state index contributed by atoms with van der Waals surface area (Å²) >= 11 is 1.58. The van der Waals surface area contributed by atoms with E-state index in [2.05, 4.69) is 93.6 Å². The molecule has 0 aliphatic heterocycles. The van der Waals surface area contributed by atoms with Gasteiger partial charge in [0.1, 0.15) is 0 Å². The molecule has 3 aromatic rings. The van der Waals surface area contributed by atoms with Gasteiger partial charge in [0.2, 0.25) is 0 Å². The van der Waals surface area contributed by atoms with Gasteiger partial charge in [-0.3, -0.25) is 0 Å². The van der Waals surface area contributed by atoms with E-state index < -0.39 is 0 Å². The molecule has 0 fully saturated rings. The molecule has 120 valence electrons. The monoisotopic (exact) mass is 389 g/mol. The fourth-order valence-corrected chi connectivity index (χ4v) is 2.93. The van der Waals surface area contributed by atoms with Gasteiger partial charge in [0.25, 0.3) is 0 Å². The van der Waals surface area contributed by atoms with E-state index in [1.54, 1.807) is 27.4 Å². The Morgan fingerprint density at radius 3 is 2.25 bits per heavy atom. The number of rotatable bonds is 2. The SMILES string of the molecule is C1=CC(c2cccc3c2[cH-]c2ccccc23)C=C1.C[C](=[Zr])C(C)C. The molecule has 0 radical (unpaired) electrons. The Balaban J connectivity index is 0.000000246. The van der Waals surface area contributed by atoms with Gasteiger partial charge in [0, 0.05) is 0 Å². The van der Waals surface area contributed by atoms with Crippen LogP contribution in [0.5, 0.6) is 0 Å². The molecule has 0 spiro atoms. The van der Waals surface area contributed by atoms with Gasteiger partial charge < -0.3 is 0 Å². The second-order valence-corrected chi connectivity index (χ2v) is 8.61. The van der Waals surface area contributed by atoms with Crippen molar-refractivity contribution in [3.63, 3.8) is 0 Å². The maximum absolute atomic E-state index is 2.32. The Kier molecular flexibility index (Phi) is 5.51. The van der Waals surface area contributed by atoms with Gasteiger partial charge in [0.15, 0.2) is 0 Å². The van der Waals surface area contributed by atoms with Crippen molar-refractivity contribution in [3.05, 3.63) is 78.4 Å². The second-order valence-electron chi connectivity index (χ2n) is 6.67. The van der Waals surface area contributed by atoms with E-state index in [0.717, 1.165) is 5.92 Å². The van der Waals surface area contributed by atoms with Crippen LogP contribution < -0.4 is 0 Å². The molecule has 0 aromatic heterocycles. The third-order valence-corrected chi connectivity index (χ3v) is 6.08. The van der Waals surface area contributed by atoms with E-state index in [1.165, 1.54) is 27.1 Å². The summed E-state index contributed by atoms with van der Waals surface area (Å²) < 4.78 is 1.60. The Hall–Kier alpha value is -1.46. The van der Waals surface area contributed by atoms with Gasteiger partial charge in [-0.1, -0.05) is 66.3 Å². The summed E-state index contributed by atoms with van der Waals surface area (Å²) in [6, 6.07) is 17.6.